The number of aromatic nitrogens is 2. The standard InChI is InChI=1S/C19H18N2O3/c1-12-11-13(7-9-16(12)23-2)8-10-17-20-15-6-4-5-14(18(15)21-17)19(22)24-3/h4-11H,1-3H3,(H,20,21)/b10-8+. The van der Waals surface area contributed by atoms with Gasteiger partial charge in [-0.15, -0.1) is 0 Å². The van der Waals surface area contributed by atoms with Gasteiger partial charge in [0.05, 0.1) is 25.3 Å². The van der Waals surface area contributed by atoms with E-state index in [1.807, 2.05) is 43.3 Å². The number of carbonyl (C=O) groups excluding carboxylic acids is 1. The Bertz CT molecular complexity index is 926. The van der Waals surface area contributed by atoms with Crippen LogP contribution in [0.4, 0.5) is 0 Å². The second-order valence-corrected chi connectivity index (χ2v) is 5.38. The zero-order chi connectivity index (χ0) is 17.1. The highest BCUT2D eigenvalue weighted by Gasteiger charge is 2.12. The van der Waals surface area contributed by atoms with Gasteiger partial charge in [0.15, 0.2) is 0 Å². The van der Waals surface area contributed by atoms with Crippen LogP contribution >= 0.6 is 0 Å². The Morgan fingerprint density at radius 3 is 2.71 bits per heavy atom. The minimum atomic E-state index is -0.395. The first-order valence-corrected chi connectivity index (χ1v) is 7.52. The van der Waals surface area contributed by atoms with E-state index in [-0.39, 0.29) is 0 Å². The first-order chi connectivity index (χ1) is 11.6. The van der Waals surface area contributed by atoms with E-state index >= 15 is 0 Å². The molecule has 0 aliphatic rings. The SMILES string of the molecule is COC(=O)c1cccc2[nH]c(/C=C/c3ccc(OC)c(C)c3)nc12. The molecule has 3 aromatic rings. The first kappa shape index (κ1) is 15.8. The lowest BCUT2D eigenvalue weighted by molar-refractivity contribution is 0.0603. The van der Waals surface area contributed by atoms with Crippen LogP contribution in [0.15, 0.2) is 36.4 Å². The first-order valence-electron chi connectivity index (χ1n) is 7.52. The quantitative estimate of drug-likeness (QED) is 0.741. The van der Waals surface area contributed by atoms with Gasteiger partial charge < -0.3 is 14.5 Å². The summed E-state index contributed by atoms with van der Waals surface area (Å²) in [5, 5.41) is 0. The molecule has 5 nitrogen and oxygen atoms in total. The summed E-state index contributed by atoms with van der Waals surface area (Å²) in [6, 6.07) is 11.3. The second kappa shape index (κ2) is 6.58. The zero-order valence-corrected chi connectivity index (χ0v) is 13.8. The minimum absolute atomic E-state index is 0.395. The number of benzene rings is 2. The van der Waals surface area contributed by atoms with Crippen molar-refractivity contribution in [2.24, 2.45) is 0 Å². The molecule has 5 heteroatoms. The van der Waals surface area contributed by atoms with Crippen molar-refractivity contribution in [1.29, 1.82) is 0 Å². The molecule has 0 atom stereocenters. The number of hydrogen-bond donors (Lipinski definition) is 1. The normalized spacial score (nSPS) is 11.1. The number of imidazole rings is 1. The van der Waals surface area contributed by atoms with Crippen molar-refractivity contribution >= 4 is 29.2 Å². The highest BCUT2D eigenvalue weighted by atomic mass is 16.5. The third-order valence-corrected chi connectivity index (χ3v) is 3.79. The van der Waals surface area contributed by atoms with Crippen LogP contribution < -0.4 is 4.74 Å². The number of methoxy groups -OCH3 is 2. The Morgan fingerprint density at radius 1 is 1.17 bits per heavy atom. The van der Waals surface area contributed by atoms with E-state index in [2.05, 4.69) is 9.97 Å². The van der Waals surface area contributed by atoms with Crippen molar-refractivity contribution in [2.75, 3.05) is 14.2 Å². The number of carbonyl (C=O) groups is 1. The van der Waals surface area contributed by atoms with E-state index < -0.39 is 5.97 Å². The number of hydrogen-bond acceptors (Lipinski definition) is 4. The molecular formula is C19H18N2O3. The molecule has 0 fully saturated rings. The molecule has 0 aliphatic carbocycles. The summed E-state index contributed by atoms with van der Waals surface area (Å²) in [4.78, 5) is 19.5. The number of fused-ring (bicyclic) bond motifs is 1. The highest BCUT2D eigenvalue weighted by molar-refractivity contribution is 6.02. The lowest BCUT2D eigenvalue weighted by Crippen LogP contribution is -2.01. The predicted octanol–water partition coefficient (Wildman–Crippen LogP) is 3.84. The summed E-state index contributed by atoms with van der Waals surface area (Å²) < 4.78 is 10.1. The molecule has 0 bridgehead atoms. The Labute approximate surface area is 139 Å². The molecule has 0 saturated carbocycles. The van der Waals surface area contributed by atoms with Gasteiger partial charge in [-0.05, 0) is 48.4 Å². The predicted molar refractivity (Wildman–Crippen MR) is 94.1 cm³/mol. The number of ether oxygens (including phenoxy) is 2. The summed E-state index contributed by atoms with van der Waals surface area (Å²) in [6.07, 6.45) is 3.84. The largest absolute Gasteiger partial charge is 0.496 e. The summed E-state index contributed by atoms with van der Waals surface area (Å²) >= 11 is 0. The molecule has 0 unspecified atom stereocenters. The fourth-order valence-corrected chi connectivity index (χ4v) is 2.59. The van der Waals surface area contributed by atoms with Crippen molar-refractivity contribution in [3.05, 3.63) is 58.9 Å². The molecule has 0 saturated heterocycles. The molecule has 1 aromatic heterocycles. The number of nitrogens with zero attached hydrogens (tertiary/aromatic N) is 1. The Hall–Kier alpha value is -3.08. The van der Waals surface area contributed by atoms with E-state index in [4.69, 9.17) is 9.47 Å². The van der Waals surface area contributed by atoms with Gasteiger partial charge in [-0.3, -0.25) is 0 Å². The number of nitrogens with one attached hydrogen (secondary N) is 1. The van der Waals surface area contributed by atoms with E-state index in [0.717, 1.165) is 22.4 Å². The molecule has 3 rings (SSSR count). The molecule has 1 heterocycles. The van der Waals surface area contributed by atoms with Gasteiger partial charge in [-0.2, -0.15) is 0 Å². The molecule has 0 radical (unpaired) electrons. The Balaban J connectivity index is 1.93. The van der Waals surface area contributed by atoms with Gasteiger partial charge in [-0.1, -0.05) is 18.2 Å². The Morgan fingerprint density at radius 2 is 2.00 bits per heavy atom. The van der Waals surface area contributed by atoms with Crippen LogP contribution in [0.25, 0.3) is 23.2 Å². The second-order valence-electron chi connectivity index (χ2n) is 5.38. The van der Waals surface area contributed by atoms with Crippen LogP contribution in [-0.4, -0.2) is 30.2 Å². The molecule has 1 N–H and O–H groups in total. The maximum Gasteiger partial charge on any atom is 0.340 e. The maximum absolute atomic E-state index is 11.8. The van der Waals surface area contributed by atoms with Crippen molar-refractivity contribution < 1.29 is 14.3 Å². The number of rotatable bonds is 4. The van der Waals surface area contributed by atoms with Crippen molar-refractivity contribution in [3.8, 4) is 5.75 Å². The van der Waals surface area contributed by atoms with Crippen LogP contribution in [0.5, 0.6) is 5.75 Å². The van der Waals surface area contributed by atoms with Crippen molar-refractivity contribution in [3.63, 3.8) is 0 Å². The van der Waals surface area contributed by atoms with Crippen LogP contribution in [0.2, 0.25) is 0 Å². The van der Waals surface area contributed by atoms with Gasteiger partial charge in [0.1, 0.15) is 17.1 Å². The number of para-hydroxylation sites is 1. The van der Waals surface area contributed by atoms with Gasteiger partial charge in [-0.25, -0.2) is 9.78 Å². The molecule has 2 aromatic carbocycles. The average Bonchev–Trinajstić information content (AvgIpc) is 3.02. The smallest absolute Gasteiger partial charge is 0.340 e. The summed E-state index contributed by atoms with van der Waals surface area (Å²) in [5.74, 6) is 1.14. The number of H-pyrrole nitrogens is 1. The number of aryl methyl sites for hydroxylation is 1. The zero-order valence-electron chi connectivity index (χ0n) is 13.8. The minimum Gasteiger partial charge on any atom is -0.496 e. The summed E-state index contributed by atoms with van der Waals surface area (Å²) in [6.45, 7) is 2.00. The van der Waals surface area contributed by atoms with Crippen LogP contribution in [0.1, 0.15) is 27.3 Å². The fourth-order valence-electron chi connectivity index (χ4n) is 2.59. The van der Waals surface area contributed by atoms with Crippen molar-refractivity contribution in [1.82, 2.24) is 9.97 Å². The Kier molecular flexibility index (Phi) is 4.33. The van der Waals surface area contributed by atoms with Gasteiger partial charge in [0, 0.05) is 0 Å². The molecule has 0 aliphatic heterocycles. The summed E-state index contributed by atoms with van der Waals surface area (Å²) in [5.41, 5.74) is 3.96. The van der Waals surface area contributed by atoms with Crippen molar-refractivity contribution in [2.45, 2.75) is 6.92 Å². The monoisotopic (exact) mass is 322 g/mol. The number of esters is 1. The summed E-state index contributed by atoms with van der Waals surface area (Å²) in [7, 11) is 3.02. The lowest BCUT2D eigenvalue weighted by atomic mass is 10.1. The van der Waals surface area contributed by atoms with Crippen LogP contribution in [-0.2, 0) is 4.74 Å². The fraction of sp³-hybridized carbons (Fsp3) is 0.158. The van der Waals surface area contributed by atoms with Gasteiger partial charge >= 0.3 is 5.97 Å². The van der Waals surface area contributed by atoms with Crippen LogP contribution in [0, 0.1) is 6.92 Å². The molecular weight excluding hydrogens is 304 g/mol. The molecule has 0 amide bonds. The van der Waals surface area contributed by atoms with E-state index in [9.17, 15) is 4.79 Å². The third kappa shape index (κ3) is 3.01. The van der Waals surface area contributed by atoms with E-state index in [1.165, 1.54) is 7.11 Å². The number of aromatic amines is 1. The highest BCUT2D eigenvalue weighted by Crippen LogP contribution is 2.21. The van der Waals surface area contributed by atoms with E-state index in [1.54, 1.807) is 19.2 Å². The topological polar surface area (TPSA) is 64.2 Å². The van der Waals surface area contributed by atoms with Gasteiger partial charge in [0.25, 0.3) is 0 Å². The van der Waals surface area contributed by atoms with Gasteiger partial charge in [0.2, 0.25) is 0 Å². The molecule has 24 heavy (non-hydrogen) atoms. The average molecular weight is 322 g/mol. The third-order valence-electron chi connectivity index (χ3n) is 3.79. The molecule has 122 valence electrons. The molecule has 0 spiro atoms. The lowest BCUT2D eigenvalue weighted by Gasteiger charge is -2.04. The maximum atomic E-state index is 11.8. The van der Waals surface area contributed by atoms with Crippen LogP contribution in [0.3, 0.4) is 0 Å². The van der Waals surface area contributed by atoms with E-state index in [0.29, 0.717) is 16.9 Å².